The molecule has 1 rings (SSSR count). The molecule has 0 saturated carbocycles. The molecule has 112 valence electrons. The normalized spacial score (nSPS) is 10.7. The van der Waals surface area contributed by atoms with Crippen LogP contribution in [-0.2, 0) is 11.2 Å². The minimum Gasteiger partial charge on any atom is -0.508 e. The van der Waals surface area contributed by atoms with Gasteiger partial charge in [0, 0.05) is 12.8 Å². The number of carbonyl (C=O) groups is 1. The van der Waals surface area contributed by atoms with Crippen LogP contribution in [0.1, 0.15) is 70.3 Å². The van der Waals surface area contributed by atoms with Gasteiger partial charge < -0.3 is 5.11 Å². The molecule has 0 aliphatic carbocycles. The van der Waals surface area contributed by atoms with Gasteiger partial charge in [0.1, 0.15) is 11.5 Å². The third kappa shape index (κ3) is 7.98. The van der Waals surface area contributed by atoms with Gasteiger partial charge in [0.25, 0.3) is 0 Å². The van der Waals surface area contributed by atoms with E-state index in [1.165, 1.54) is 38.5 Å². The lowest BCUT2D eigenvalue weighted by Crippen LogP contribution is -2.00. The van der Waals surface area contributed by atoms with E-state index in [4.69, 9.17) is 0 Å². The van der Waals surface area contributed by atoms with Crippen LogP contribution in [0.2, 0.25) is 0 Å². The Bertz CT molecular complexity index is 368. The molecule has 1 aromatic rings. The number of aryl methyl sites for hydroxylation is 1. The quantitative estimate of drug-likeness (QED) is 0.575. The molecule has 0 bridgehead atoms. The van der Waals surface area contributed by atoms with E-state index in [2.05, 4.69) is 6.92 Å². The van der Waals surface area contributed by atoms with Crippen molar-refractivity contribution in [2.75, 3.05) is 0 Å². The Hall–Kier alpha value is -1.31. The van der Waals surface area contributed by atoms with Gasteiger partial charge in [-0.15, -0.1) is 0 Å². The number of hydrogen-bond donors (Lipinski definition) is 1. The predicted molar refractivity (Wildman–Crippen MR) is 84.0 cm³/mol. The maximum Gasteiger partial charge on any atom is 0.133 e. The number of unbranched alkanes of at least 4 members (excludes halogenated alkanes) is 6. The van der Waals surface area contributed by atoms with Gasteiger partial charge in [0.15, 0.2) is 0 Å². The molecular formula is C18H28O2. The fourth-order valence-corrected chi connectivity index (χ4v) is 2.35. The zero-order valence-electron chi connectivity index (χ0n) is 12.7. The van der Waals surface area contributed by atoms with Crippen LogP contribution in [0.4, 0.5) is 0 Å². The Kier molecular flexibility index (Phi) is 8.77. The maximum absolute atomic E-state index is 11.8. The summed E-state index contributed by atoms with van der Waals surface area (Å²) in [5, 5.41) is 9.19. The fraction of sp³-hybridized carbons (Fsp3) is 0.611. The summed E-state index contributed by atoms with van der Waals surface area (Å²) >= 11 is 0. The van der Waals surface area contributed by atoms with Crippen molar-refractivity contribution >= 4 is 5.78 Å². The minimum atomic E-state index is 0.281. The molecule has 0 atom stereocenters. The number of aromatic hydroxyl groups is 1. The number of phenols is 1. The predicted octanol–water partition coefficient (Wildman–Crippen LogP) is 5.03. The third-order valence-corrected chi connectivity index (χ3v) is 3.69. The van der Waals surface area contributed by atoms with E-state index in [0.29, 0.717) is 12.2 Å². The molecule has 2 heteroatoms. The maximum atomic E-state index is 11.8. The summed E-state index contributed by atoms with van der Waals surface area (Å²) in [6, 6.07) is 7.12. The van der Waals surface area contributed by atoms with Crippen LogP contribution < -0.4 is 0 Å². The van der Waals surface area contributed by atoms with E-state index in [0.717, 1.165) is 24.8 Å². The van der Waals surface area contributed by atoms with Crippen LogP contribution in [0.25, 0.3) is 0 Å². The molecule has 0 spiro atoms. The lowest BCUT2D eigenvalue weighted by Gasteiger charge is -2.03. The highest BCUT2D eigenvalue weighted by molar-refractivity contribution is 5.78. The smallest absolute Gasteiger partial charge is 0.133 e. The number of benzene rings is 1. The number of phenolic OH excluding ortho intramolecular Hbond substituents is 1. The molecule has 0 amide bonds. The SMILES string of the molecule is CCCCCCCCCC(=O)CCc1ccc(O)cc1. The Morgan fingerprint density at radius 1 is 0.900 bits per heavy atom. The molecule has 0 unspecified atom stereocenters. The average molecular weight is 276 g/mol. The molecule has 20 heavy (non-hydrogen) atoms. The fourth-order valence-electron chi connectivity index (χ4n) is 2.35. The third-order valence-electron chi connectivity index (χ3n) is 3.69. The van der Waals surface area contributed by atoms with E-state index in [-0.39, 0.29) is 5.75 Å². The first-order valence-corrected chi connectivity index (χ1v) is 8.02. The molecule has 0 fully saturated rings. The van der Waals surface area contributed by atoms with Gasteiger partial charge in [-0.05, 0) is 30.5 Å². The van der Waals surface area contributed by atoms with Crippen molar-refractivity contribution in [1.29, 1.82) is 0 Å². The van der Waals surface area contributed by atoms with Crippen molar-refractivity contribution in [2.45, 2.75) is 71.1 Å². The Balaban J connectivity index is 2.01. The van der Waals surface area contributed by atoms with Crippen molar-refractivity contribution in [3.63, 3.8) is 0 Å². The molecule has 0 aliphatic heterocycles. The van der Waals surface area contributed by atoms with Crippen LogP contribution in [0.15, 0.2) is 24.3 Å². The van der Waals surface area contributed by atoms with Gasteiger partial charge in [-0.1, -0.05) is 57.6 Å². The lowest BCUT2D eigenvalue weighted by molar-refractivity contribution is -0.119. The molecule has 0 heterocycles. The number of hydrogen-bond acceptors (Lipinski definition) is 2. The molecule has 0 aromatic heterocycles. The van der Waals surface area contributed by atoms with Crippen LogP contribution in [0, 0.1) is 0 Å². The largest absolute Gasteiger partial charge is 0.508 e. The number of ketones is 1. The summed E-state index contributed by atoms with van der Waals surface area (Å²) < 4.78 is 0. The summed E-state index contributed by atoms with van der Waals surface area (Å²) in [5.74, 6) is 0.648. The molecule has 0 radical (unpaired) electrons. The van der Waals surface area contributed by atoms with Crippen LogP contribution in [0.3, 0.4) is 0 Å². The molecular weight excluding hydrogens is 248 g/mol. The summed E-state index contributed by atoms with van der Waals surface area (Å²) in [6.07, 6.45) is 10.9. The number of rotatable bonds is 11. The second-order valence-electron chi connectivity index (χ2n) is 5.58. The van der Waals surface area contributed by atoms with E-state index in [1.54, 1.807) is 12.1 Å². The van der Waals surface area contributed by atoms with Gasteiger partial charge in [-0.3, -0.25) is 4.79 Å². The van der Waals surface area contributed by atoms with E-state index < -0.39 is 0 Å². The highest BCUT2D eigenvalue weighted by Gasteiger charge is 2.03. The Labute approximate surface area is 123 Å². The average Bonchev–Trinajstić information content (AvgIpc) is 2.46. The standard InChI is InChI=1S/C18H28O2/c1-2-3-4-5-6-7-8-9-17(19)13-10-16-11-14-18(20)15-12-16/h11-12,14-15,20H,2-10,13H2,1H3. The van der Waals surface area contributed by atoms with E-state index in [9.17, 15) is 9.90 Å². The Morgan fingerprint density at radius 2 is 1.50 bits per heavy atom. The van der Waals surface area contributed by atoms with Crippen molar-refractivity contribution in [3.8, 4) is 5.75 Å². The summed E-state index contributed by atoms with van der Waals surface area (Å²) in [7, 11) is 0. The van der Waals surface area contributed by atoms with E-state index in [1.807, 2.05) is 12.1 Å². The molecule has 0 saturated heterocycles. The van der Waals surface area contributed by atoms with Gasteiger partial charge in [-0.2, -0.15) is 0 Å². The topological polar surface area (TPSA) is 37.3 Å². The van der Waals surface area contributed by atoms with Gasteiger partial charge in [-0.25, -0.2) is 0 Å². The van der Waals surface area contributed by atoms with Crippen molar-refractivity contribution in [2.24, 2.45) is 0 Å². The monoisotopic (exact) mass is 276 g/mol. The first kappa shape index (κ1) is 16.7. The molecule has 1 aromatic carbocycles. The summed E-state index contributed by atoms with van der Waals surface area (Å²) in [4.78, 5) is 11.8. The van der Waals surface area contributed by atoms with Crippen LogP contribution in [-0.4, -0.2) is 10.9 Å². The molecule has 2 nitrogen and oxygen atoms in total. The second-order valence-corrected chi connectivity index (χ2v) is 5.58. The highest BCUT2D eigenvalue weighted by Crippen LogP contribution is 2.13. The number of Topliss-reactive ketones (excluding diaryl/α,β-unsaturated/α-hetero) is 1. The van der Waals surface area contributed by atoms with Crippen LogP contribution >= 0.6 is 0 Å². The number of carbonyl (C=O) groups excluding carboxylic acids is 1. The van der Waals surface area contributed by atoms with Crippen molar-refractivity contribution in [3.05, 3.63) is 29.8 Å². The zero-order chi connectivity index (χ0) is 14.6. The van der Waals surface area contributed by atoms with Crippen molar-refractivity contribution < 1.29 is 9.90 Å². The minimum absolute atomic E-state index is 0.281. The van der Waals surface area contributed by atoms with Gasteiger partial charge in [0.2, 0.25) is 0 Å². The zero-order valence-corrected chi connectivity index (χ0v) is 12.7. The summed E-state index contributed by atoms with van der Waals surface area (Å²) in [5.41, 5.74) is 1.12. The summed E-state index contributed by atoms with van der Waals surface area (Å²) in [6.45, 7) is 2.23. The first-order chi connectivity index (χ1) is 9.72. The van der Waals surface area contributed by atoms with E-state index >= 15 is 0 Å². The molecule has 0 aliphatic rings. The van der Waals surface area contributed by atoms with Gasteiger partial charge >= 0.3 is 0 Å². The lowest BCUT2D eigenvalue weighted by atomic mass is 10.0. The first-order valence-electron chi connectivity index (χ1n) is 8.02. The van der Waals surface area contributed by atoms with Crippen LogP contribution in [0.5, 0.6) is 5.75 Å². The van der Waals surface area contributed by atoms with Crippen molar-refractivity contribution in [1.82, 2.24) is 0 Å². The van der Waals surface area contributed by atoms with Gasteiger partial charge in [0.05, 0.1) is 0 Å². The molecule has 1 N–H and O–H groups in total. The second kappa shape index (κ2) is 10.5. The highest BCUT2D eigenvalue weighted by atomic mass is 16.3. The Morgan fingerprint density at radius 3 is 2.15 bits per heavy atom.